The van der Waals surface area contributed by atoms with E-state index in [1.165, 1.54) is 12.2 Å². The van der Waals surface area contributed by atoms with Crippen LogP contribution in [0.5, 0.6) is 0 Å². The van der Waals surface area contributed by atoms with Gasteiger partial charge in [0.05, 0.1) is 13.2 Å². The Kier molecular flexibility index (Phi) is 23.3. The highest BCUT2D eigenvalue weighted by atomic mass is 79.9. The molecular weight excluding hydrogens is 1240 g/mol. The molecule has 0 bridgehead atoms. The molecule has 18 heteroatoms. The highest BCUT2D eigenvalue weighted by molar-refractivity contribution is 9.26. The summed E-state index contributed by atoms with van der Waals surface area (Å²) in [7, 11) is -8.90. The van der Waals surface area contributed by atoms with Gasteiger partial charge < -0.3 is 40.1 Å². The van der Waals surface area contributed by atoms with Gasteiger partial charge in [0, 0.05) is 36.6 Å². The highest BCUT2D eigenvalue weighted by Crippen LogP contribution is 2.62. The zero-order chi connectivity index (χ0) is 63.6. The zero-order valence-corrected chi connectivity index (χ0v) is 54.4. The van der Waals surface area contributed by atoms with Gasteiger partial charge >= 0.3 is 15.2 Å². The van der Waals surface area contributed by atoms with Crippen molar-refractivity contribution in [3.63, 3.8) is 0 Å². The summed E-state index contributed by atoms with van der Waals surface area (Å²) in [4.78, 5) is 73.7. The summed E-state index contributed by atoms with van der Waals surface area (Å²) in [5, 5.41) is 18.0. The first-order valence-corrected chi connectivity index (χ1v) is 38.0. The number of hydrogen-bond acceptors (Lipinski definition) is 8. The van der Waals surface area contributed by atoms with Crippen molar-refractivity contribution in [1.29, 1.82) is 0 Å². The Morgan fingerprint density at radius 2 is 0.798 bits per heavy atom. The average Bonchev–Trinajstić information content (AvgIpc) is 1.23. The van der Waals surface area contributed by atoms with E-state index in [1.54, 1.807) is 62.4 Å². The van der Waals surface area contributed by atoms with Crippen LogP contribution in [0.2, 0.25) is 19.6 Å². The maximum atomic E-state index is 14.3. The van der Waals surface area contributed by atoms with Gasteiger partial charge in [-0.15, -0.1) is 15.3 Å². The molecule has 10 aromatic rings. The summed E-state index contributed by atoms with van der Waals surface area (Å²) >= 11 is 3.51. The number of halogens is 1. The van der Waals surface area contributed by atoms with Gasteiger partial charge in [-0.2, -0.15) is 0 Å². The minimum Gasteiger partial charge on any atom is -0.348 e. The molecular formula is C71H71BrN4O10P2Si. The summed E-state index contributed by atoms with van der Waals surface area (Å²) in [5.74, 6) is -1.98. The van der Waals surface area contributed by atoms with Crippen molar-refractivity contribution in [1.82, 2.24) is 10.6 Å². The van der Waals surface area contributed by atoms with Gasteiger partial charge in [-0.25, -0.2) is 0 Å². The number of benzene rings is 10. The molecule has 2 unspecified atom stereocenters. The molecule has 4 amide bonds. The first kappa shape index (κ1) is 66.5. The predicted molar refractivity (Wildman–Crippen MR) is 368 cm³/mol. The van der Waals surface area contributed by atoms with Crippen molar-refractivity contribution in [2.24, 2.45) is 0 Å². The Bertz CT molecular complexity index is 4260. The van der Waals surface area contributed by atoms with Crippen LogP contribution >= 0.6 is 30.5 Å². The fourth-order valence-corrected chi connectivity index (χ4v) is 12.9. The normalized spacial score (nSPS) is 12.4. The summed E-state index contributed by atoms with van der Waals surface area (Å²) in [6.45, 7) is 10.3. The Morgan fingerprint density at radius 3 is 1.18 bits per heavy atom. The maximum Gasteiger partial charge on any atom is 0.347 e. The molecule has 89 heavy (non-hydrogen) atoms. The minimum atomic E-state index is -4.92. The van der Waals surface area contributed by atoms with Gasteiger partial charge in [-0.3, -0.25) is 28.3 Å². The standard InChI is InChI=1S/C36H35N2O5P.C32H27N2O5P.C3H9BrSi/c1-3-42-44(41,43-4-2)35(32-20-12-18-27-15-10-11-19-31(27)32)36(40)38-33-24-29-17-9-8-16-28(29)23-30(33)21-22-34(39)37-25-26-13-6-5-7-14-26;35-30(33-21-22-9-2-1-3-10-22)18-17-26-19-24-12-4-5-13-25(24)20-29(26)34-32(36)31(40(37,38)39)28-16-8-14-23-11-6-7-15-27(23)28;1-5(2,3)4/h5-24,35H,3-4,25H2,1-2H3,(H,37,39)(H,38,40);1-20,31H,21H2,(H,33,35)(H,34,36)(H2,37,38,39);1-3H3/b22-21+;18-17+;. The zero-order valence-electron chi connectivity index (χ0n) is 50.0. The lowest BCUT2D eigenvalue weighted by molar-refractivity contribution is -0.117. The number of amides is 4. The molecule has 0 saturated carbocycles. The summed E-state index contributed by atoms with van der Waals surface area (Å²) in [5.41, 5.74) is 1.68. The number of fused-ring (bicyclic) bond motifs is 4. The molecule has 0 radical (unpaired) electrons. The molecule has 0 aliphatic rings. The van der Waals surface area contributed by atoms with Crippen LogP contribution in [0.15, 0.2) is 231 Å². The van der Waals surface area contributed by atoms with Crippen molar-refractivity contribution >= 4 is 127 Å². The molecule has 6 N–H and O–H groups in total. The van der Waals surface area contributed by atoms with Crippen molar-refractivity contribution in [2.45, 2.75) is 57.9 Å². The van der Waals surface area contributed by atoms with E-state index in [0.29, 0.717) is 46.5 Å². The van der Waals surface area contributed by atoms with Crippen LogP contribution in [0.4, 0.5) is 11.4 Å². The molecule has 0 fully saturated rings. The molecule has 0 heterocycles. The molecule has 0 aromatic heterocycles. The molecule has 456 valence electrons. The van der Waals surface area contributed by atoms with Crippen LogP contribution in [0.1, 0.15) is 58.5 Å². The number of anilines is 2. The van der Waals surface area contributed by atoms with E-state index in [1.807, 2.05) is 182 Å². The molecule has 2 atom stereocenters. The van der Waals surface area contributed by atoms with E-state index in [-0.39, 0.29) is 30.6 Å². The van der Waals surface area contributed by atoms with E-state index >= 15 is 0 Å². The van der Waals surface area contributed by atoms with Gasteiger partial charge in [0.1, 0.15) is 6.69 Å². The van der Waals surface area contributed by atoms with Crippen LogP contribution < -0.4 is 21.3 Å². The lowest BCUT2D eigenvalue weighted by Crippen LogP contribution is -2.24. The third-order valence-corrected chi connectivity index (χ3v) is 17.4. The fourth-order valence-electron chi connectivity index (χ4n) is 9.88. The lowest BCUT2D eigenvalue weighted by Gasteiger charge is -2.27. The first-order chi connectivity index (χ1) is 42.7. The molecule has 0 aliphatic carbocycles. The van der Waals surface area contributed by atoms with Crippen LogP contribution in [0, 0.1) is 0 Å². The monoisotopic (exact) mass is 1310 g/mol. The van der Waals surface area contributed by atoms with Gasteiger partial charge in [-0.05, 0) is 127 Å². The number of carbonyl (C=O) groups is 4. The molecule has 0 spiro atoms. The van der Waals surface area contributed by atoms with Gasteiger partial charge in [-0.1, -0.05) is 214 Å². The van der Waals surface area contributed by atoms with Gasteiger partial charge in [0.2, 0.25) is 23.6 Å². The molecule has 0 aliphatic heterocycles. The SMILES string of the molecule is CCOP(=O)(OCC)C(C(=O)Nc1cc2ccccc2cc1/C=C/C(=O)NCc1ccccc1)c1cccc2ccccc12.C[Si](C)(C)Br.O=C(/C=C/c1cc2ccccc2cc1NC(=O)C(c1cccc2ccccc12)P(=O)(O)O)NCc1ccccc1. The number of carbonyl (C=O) groups excluding carboxylic acids is 4. The summed E-state index contributed by atoms with van der Waals surface area (Å²) in [6.07, 6.45) is 6.05. The second-order valence-electron chi connectivity index (χ2n) is 21.6. The first-order valence-electron chi connectivity index (χ1n) is 29.0. The van der Waals surface area contributed by atoms with Gasteiger partial charge in [0.25, 0.3) is 0 Å². The van der Waals surface area contributed by atoms with E-state index in [0.717, 1.165) is 48.8 Å². The van der Waals surface area contributed by atoms with Crippen molar-refractivity contribution in [2.75, 3.05) is 23.8 Å². The quantitative estimate of drug-likeness (QED) is 0.0184. The molecule has 14 nitrogen and oxygen atoms in total. The molecule has 10 aromatic carbocycles. The predicted octanol–water partition coefficient (Wildman–Crippen LogP) is 16.7. The Balaban J connectivity index is 0.000000215. The third-order valence-electron chi connectivity index (χ3n) is 13.8. The largest absolute Gasteiger partial charge is 0.348 e. The van der Waals surface area contributed by atoms with Gasteiger partial charge in [0.15, 0.2) is 11.3 Å². The second-order valence-corrected chi connectivity index (χ2v) is 36.7. The van der Waals surface area contributed by atoms with Crippen molar-refractivity contribution in [3.05, 3.63) is 264 Å². The Hall–Kier alpha value is -8.40. The average molecular weight is 1310 g/mol. The van der Waals surface area contributed by atoms with Crippen LogP contribution in [0.25, 0.3) is 55.2 Å². The van der Waals surface area contributed by atoms with E-state index in [2.05, 4.69) is 56.2 Å². The van der Waals surface area contributed by atoms with Crippen molar-refractivity contribution < 1.29 is 47.1 Å². The number of rotatable bonds is 20. The second kappa shape index (κ2) is 31.2. The maximum absolute atomic E-state index is 14.3. The van der Waals surface area contributed by atoms with E-state index in [4.69, 9.17) is 9.05 Å². The highest BCUT2D eigenvalue weighted by Gasteiger charge is 2.44. The molecule has 10 rings (SSSR count). The Morgan fingerprint density at radius 1 is 0.472 bits per heavy atom. The third kappa shape index (κ3) is 18.8. The minimum absolute atomic E-state index is 0.105. The number of nitrogens with one attached hydrogen (secondary N) is 4. The lowest BCUT2D eigenvalue weighted by atomic mass is 10.0. The molecule has 0 saturated heterocycles. The fraction of sp³-hybridized carbons (Fsp3) is 0.155. The van der Waals surface area contributed by atoms with Crippen LogP contribution in [0.3, 0.4) is 0 Å². The summed E-state index contributed by atoms with van der Waals surface area (Å²) < 4.78 is 38.5. The van der Waals surface area contributed by atoms with Crippen molar-refractivity contribution in [3.8, 4) is 0 Å². The van der Waals surface area contributed by atoms with E-state index < -0.39 is 45.0 Å². The van der Waals surface area contributed by atoms with Crippen LogP contribution in [-0.2, 0) is 50.4 Å². The van der Waals surface area contributed by atoms with E-state index in [9.17, 15) is 38.1 Å². The van der Waals surface area contributed by atoms with Crippen LogP contribution in [-0.4, -0.2) is 53.3 Å². The summed E-state index contributed by atoms with van der Waals surface area (Å²) in [6, 6.07) is 67.1. The topological polar surface area (TPSA) is 209 Å². The number of hydrogen-bond donors (Lipinski definition) is 6. The smallest absolute Gasteiger partial charge is 0.347 e. The Labute approximate surface area is 527 Å².